The Morgan fingerprint density at radius 1 is 1.14 bits per heavy atom. The largest absolute Gasteiger partial charge is 0.378 e. The third kappa shape index (κ3) is 3.23. The summed E-state index contributed by atoms with van der Waals surface area (Å²) in [5.74, 6) is 2.37. The van der Waals surface area contributed by atoms with E-state index in [1.54, 1.807) is 18.0 Å². The fourth-order valence-corrected chi connectivity index (χ4v) is 6.58. The summed E-state index contributed by atoms with van der Waals surface area (Å²) in [5.41, 5.74) is 1.10. The van der Waals surface area contributed by atoms with Crippen LogP contribution in [0.2, 0.25) is 0 Å². The zero-order valence-corrected chi connectivity index (χ0v) is 16.7. The molecule has 0 atom stereocenters. The van der Waals surface area contributed by atoms with Crippen molar-refractivity contribution < 1.29 is 14.3 Å². The normalized spacial score (nSPS) is 33.9. The maximum atomic E-state index is 12.9. The molecule has 4 aliphatic carbocycles. The van der Waals surface area contributed by atoms with Gasteiger partial charge < -0.3 is 15.0 Å². The van der Waals surface area contributed by atoms with Crippen LogP contribution in [0.4, 0.5) is 0 Å². The first-order chi connectivity index (χ1) is 13.5. The summed E-state index contributed by atoms with van der Waals surface area (Å²) in [6.45, 7) is 3.01. The average molecular weight is 386 g/mol. The number of morpholine rings is 1. The van der Waals surface area contributed by atoms with Gasteiger partial charge in [0.15, 0.2) is 5.69 Å². The number of hydrogen-bond acceptors (Lipinski definition) is 4. The van der Waals surface area contributed by atoms with Crippen molar-refractivity contribution in [3.05, 3.63) is 17.5 Å². The molecule has 1 N–H and O–H groups in total. The number of carbonyl (C=O) groups excluding carboxylic acids is 2. The number of carbonyl (C=O) groups is 2. The van der Waals surface area contributed by atoms with Gasteiger partial charge in [-0.3, -0.25) is 14.3 Å². The quantitative estimate of drug-likeness (QED) is 0.857. The van der Waals surface area contributed by atoms with Gasteiger partial charge in [0.1, 0.15) is 5.69 Å². The van der Waals surface area contributed by atoms with Gasteiger partial charge in [-0.25, -0.2) is 0 Å². The molecular formula is C21H30N4O3. The molecule has 7 nitrogen and oxygen atoms in total. The number of nitrogens with one attached hydrogen (secondary N) is 1. The molecule has 7 heteroatoms. The van der Waals surface area contributed by atoms with E-state index in [9.17, 15) is 9.59 Å². The molecular weight excluding hydrogens is 356 g/mol. The van der Waals surface area contributed by atoms with E-state index < -0.39 is 0 Å². The zero-order chi connectivity index (χ0) is 19.3. The lowest BCUT2D eigenvalue weighted by Gasteiger charge is -2.56. The van der Waals surface area contributed by atoms with Gasteiger partial charge in [-0.05, 0) is 61.7 Å². The molecule has 0 spiro atoms. The van der Waals surface area contributed by atoms with Crippen molar-refractivity contribution in [1.82, 2.24) is 20.0 Å². The summed E-state index contributed by atoms with van der Waals surface area (Å²) in [6.07, 6.45) is 8.02. The van der Waals surface area contributed by atoms with Crippen LogP contribution in [0.3, 0.4) is 0 Å². The van der Waals surface area contributed by atoms with E-state index >= 15 is 0 Å². The topological polar surface area (TPSA) is 76.5 Å². The number of hydrogen-bond donors (Lipinski definition) is 1. The van der Waals surface area contributed by atoms with Crippen LogP contribution in [0.25, 0.3) is 0 Å². The number of rotatable bonds is 4. The Kier molecular flexibility index (Phi) is 4.45. The number of ether oxygens (including phenoxy) is 1. The van der Waals surface area contributed by atoms with Gasteiger partial charge in [0.25, 0.3) is 11.8 Å². The molecule has 5 aliphatic rings. The van der Waals surface area contributed by atoms with Crippen LogP contribution >= 0.6 is 0 Å². The van der Waals surface area contributed by atoms with E-state index in [1.165, 1.54) is 43.2 Å². The van der Waals surface area contributed by atoms with Crippen molar-refractivity contribution in [2.75, 3.05) is 32.8 Å². The molecule has 5 fully saturated rings. The van der Waals surface area contributed by atoms with E-state index in [0.29, 0.717) is 43.1 Å². The molecule has 28 heavy (non-hydrogen) atoms. The van der Waals surface area contributed by atoms with Gasteiger partial charge in [-0.2, -0.15) is 5.10 Å². The van der Waals surface area contributed by atoms with Gasteiger partial charge >= 0.3 is 0 Å². The first-order valence-electron chi connectivity index (χ1n) is 10.7. The fraction of sp³-hybridized carbons (Fsp3) is 0.762. The molecule has 0 aromatic carbocycles. The molecule has 152 valence electrons. The minimum absolute atomic E-state index is 0.119. The molecule has 0 unspecified atom stereocenters. The molecule has 1 aromatic heterocycles. The minimum atomic E-state index is -0.126. The Balaban J connectivity index is 1.25. The zero-order valence-electron chi connectivity index (χ0n) is 16.7. The van der Waals surface area contributed by atoms with Gasteiger partial charge in [0, 0.05) is 32.7 Å². The second-order valence-electron chi connectivity index (χ2n) is 9.54. The van der Waals surface area contributed by atoms with Crippen molar-refractivity contribution in [3.63, 3.8) is 0 Å². The summed E-state index contributed by atoms with van der Waals surface area (Å²) in [6, 6.07) is 1.63. The predicted molar refractivity (Wildman–Crippen MR) is 103 cm³/mol. The van der Waals surface area contributed by atoms with Crippen molar-refractivity contribution in [2.24, 2.45) is 30.2 Å². The lowest BCUT2D eigenvalue weighted by atomic mass is 9.49. The van der Waals surface area contributed by atoms with E-state index in [4.69, 9.17) is 4.74 Å². The lowest BCUT2D eigenvalue weighted by Crippen LogP contribution is -2.51. The summed E-state index contributed by atoms with van der Waals surface area (Å²) in [4.78, 5) is 27.2. The van der Waals surface area contributed by atoms with Gasteiger partial charge in [0.2, 0.25) is 0 Å². The van der Waals surface area contributed by atoms with Crippen molar-refractivity contribution in [2.45, 2.75) is 38.5 Å². The second-order valence-corrected chi connectivity index (χ2v) is 9.54. The van der Waals surface area contributed by atoms with E-state index in [1.807, 2.05) is 0 Å². The first kappa shape index (κ1) is 18.2. The highest BCUT2D eigenvalue weighted by molar-refractivity contribution is 5.98. The van der Waals surface area contributed by atoms with Crippen LogP contribution in [0.5, 0.6) is 0 Å². The number of amides is 2. The second kappa shape index (κ2) is 6.87. The van der Waals surface area contributed by atoms with E-state index in [2.05, 4.69) is 10.4 Å². The fourth-order valence-electron chi connectivity index (χ4n) is 6.58. The van der Waals surface area contributed by atoms with Gasteiger partial charge in [-0.1, -0.05) is 0 Å². The molecule has 2 heterocycles. The van der Waals surface area contributed by atoms with E-state index in [0.717, 1.165) is 24.3 Å². The first-order valence-corrected chi connectivity index (χ1v) is 10.7. The SMILES string of the molecule is Cn1nc(C(=O)N2CCOCC2)cc1C(=O)NCC12CC3CC(CC(C3)C1)C2. The molecule has 1 saturated heterocycles. The molecule has 4 bridgehead atoms. The van der Waals surface area contributed by atoms with E-state index in [-0.39, 0.29) is 11.8 Å². The third-order valence-corrected chi connectivity index (χ3v) is 7.42. The third-order valence-electron chi connectivity index (χ3n) is 7.42. The lowest BCUT2D eigenvalue weighted by molar-refractivity contribution is -0.0503. The molecule has 1 aromatic rings. The highest BCUT2D eigenvalue weighted by atomic mass is 16.5. The van der Waals surface area contributed by atoms with Crippen molar-refractivity contribution in [1.29, 1.82) is 0 Å². The Bertz CT molecular complexity index is 745. The van der Waals surface area contributed by atoms with Gasteiger partial charge in [-0.15, -0.1) is 0 Å². The standard InChI is InChI=1S/C21H30N4O3/c1-24-18(9-17(23-24)20(27)25-2-4-28-5-3-25)19(26)22-13-21-10-14-6-15(11-21)8-16(7-14)12-21/h9,14-16H,2-8,10-13H2,1H3,(H,22,26). The smallest absolute Gasteiger partial charge is 0.274 e. The van der Waals surface area contributed by atoms with Crippen LogP contribution in [0, 0.1) is 23.2 Å². The number of aryl methyl sites for hydroxylation is 1. The highest BCUT2D eigenvalue weighted by Crippen LogP contribution is 2.59. The molecule has 6 rings (SSSR count). The monoisotopic (exact) mass is 386 g/mol. The average Bonchev–Trinajstić information content (AvgIpc) is 3.07. The summed E-state index contributed by atoms with van der Waals surface area (Å²) >= 11 is 0. The van der Waals surface area contributed by atoms with Crippen LogP contribution in [-0.2, 0) is 11.8 Å². The van der Waals surface area contributed by atoms with Crippen LogP contribution in [0.15, 0.2) is 6.07 Å². The molecule has 4 saturated carbocycles. The Hall–Kier alpha value is -1.89. The highest BCUT2D eigenvalue weighted by Gasteiger charge is 2.50. The maximum absolute atomic E-state index is 12.9. The summed E-state index contributed by atoms with van der Waals surface area (Å²) in [7, 11) is 1.73. The maximum Gasteiger partial charge on any atom is 0.274 e. The predicted octanol–water partition coefficient (Wildman–Crippen LogP) is 1.84. The molecule has 1 aliphatic heterocycles. The van der Waals surface area contributed by atoms with Gasteiger partial charge in [0.05, 0.1) is 13.2 Å². The Labute approximate surface area is 165 Å². The summed E-state index contributed by atoms with van der Waals surface area (Å²) in [5, 5.41) is 7.49. The Morgan fingerprint density at radius 3 is 2.36 bits per heavy atom. The minimum Gasteiger partial charge on any atom is -0.378 e. The number of nitrogens with zero attached hydrogens (tertiary/aromatic N) is 3. The summed E-state index contributed by atoms with van der Waals surface area (Å²) < 4.78 is 6.83. The molecule has 0 radical (unpaired) electrons. The van der Waals surface area contributed by atoms with Crippen LogP contribution in [0.1, 0.15) is 59.5 Å². The van der Waals surface area contributed by atoms with Crippen LogP contribution < -0.4 is 5.32 Å². The van der Waals surface area contributed by atoms with Crippen molar-refractivity contribution in [3.8, 4) is 0 Å². The molecule has 2 amide bonds. The van der Waals surface area contributed by atoms with Crippen LogP contribution in [-0.4, -0.2) is 59.3 Å². The Morgan fingerprint density at radius 2 is 1.75 bits per heavy atom. The number of aromatic nitrogens is 2. The van der Waals surface area contributed by atoms with Crippen molar-refractivity contribution >= 4 is 11.8 Å².